The van der Waals surface area contributed by atoms with Crippen LogP contribution in [0.4, 0.5) is 0 Å². The SMILES string of the molecule is CCCCCCCC/C=C\CCCCCCCC(=O)OCCCCCCCCCCCCCCCCCCCCCCCC(=O)NC(CO)C(O)CCCCCCCCCCCC. The maximum Gasteiger partial charge on any atom is 0.305 e. The number of aliphatic hydroxyl groups is 2. The molecule has 0 saturated heterocycles. The summed E-state index contributed by atoms with van der Waals surface area (Å²) in [5, 5.41) is 23.1. The molecule has 0 aliphatic heterocycles. The zero-order valence-corrected chi connectivity index (χ0v) is 42.6. The summed E-state index contributed by atoms with van der Waals surface area (Å²) in [7, 11) is 0. The summed E-state index contributed by atoms with van der Waals surface area (Å²) >= 11 is 0. The number of esters is 1. The van der Waals surface area contributed by atoms with Crippen molar-refractivity contribution in [2.75, 3.05) is 13.2 Å². The molecule has 0 rings (SSSR count). The second kappa shape index (κ2) is 53.2. The van der Waals surface area contributed by atoms with E-state index in [4.69, 9.17) is 4.74 Å². The Kier molecular flexibility index (Phi) is 52.0. The van der Waals surface area contributed by atoms with Gasteiger partial charge in [-0.15, -0.1) is 0 Å². The van der Waals surface area contributed by atoms with E-state index in [9.17, 15) is 19.8 Å². The predicted octanol–water partition coefficient (Wildman–Crippen LogP) is 17.3. The van der Waals surface area contributed by atoms with Crippen molar-refractivity contribution in [3.05, 3.63) is 12.2 Å². The molecule has 0 aromatic carbocycles. The van der Waals surface area contributed by atoms with Crippen LogP contribution in [0, 0.1) is 0 Å². The van der Waals surface area contributed by atoms with Crippen molar-refractivity contribution in [1.29, 1.82) is 0 Å². The largest absolute Gasteiger partial charge is 0.466 e. The van der Waals surface area contributed by atoms with Crippen LogP contribution in [0.3, 0.4) is 0 Å². The molecular weight excluding hydrogens is 779 g/mol. The van der Waals surface area contributed by atoms with Crippen LogP contribution in [0.25, 0.3) is 0 Å². The Labute approximate surface area is 393 Å². The number of nitrogens with one attached hydrogen (secondary N) is 1. The molecule has 374 valence electrons. The van der Waals surface area contributed by atoms with Gasteiger partial charge in [-0.1, -0.05) is 264 Å². The van der Waals surface area contributed by atoms with Gasteiger partial charge in [0.05, 0.1) is 25.4 Å². The summed E-state index contributed by atoms with van der Waals surface area (Å²) in [4.78, 5) is 24.5. The minimum atomic E-state index is -0.662. The monoisotopic (exact) mass is 890 g/mol. The number of rotatable bonds is 53. The van der Waals surface area contributed by atoms with Crippen molar-refractivity contribution in [3.8, 4) is 0 Å². The smallest absolute Gasteiger partial charge is 0.305 e. The van der Waals surface area contributed by atoms with Gasteiger partial charge in [0.15, 0.2) is 0 Å². The Hall–Kier alpha value is -1.40. The third-order valence-electron chi connectivity index (χ3n) is 13.3. The molecule has 1 amide bonds. The van der Waals surface area contributed by atoms with E-state index in [2.05, 4.69) is 31.3 Å². The lowest BCUT2D eigenvalue weighted by molar-refractivity contribution is -0.143. The number of hydrogen-bond donors (Lipinski definition) is 3. The predicted molar refractivity (Wildman–Crippen MR) is 273 cm³/mol. The van der Waals surface area contributed by atoms with E-state index in [1.807, 2.05) is 0 Å². The molecule has 0 radical (unpaired) electrons. The average Bonchev–Trinajstić information content (AvgIpc) is 3.28. The number of carbonyl (C=O) groups is 2. The Morgan fingerprint density at radius 2 is 0.746 bits per heavy atom. The fourth-order valence-corrected chi connectivity index (χ4v) is 8.93. The molecule has 0 saturated carbocycles. The van der Waals surface area contributed by atoms with Crippen LogP contribution < -0.4 is 5.32 Å². The molecule has 0 fully saturated rings. The maximum absolute atomic E-state index is 12.4. The van der Waals surface area contributed by atoms with Crippen LogP contribution in [0.2, 0.25) is 0 Å². The van der Waals surface area contributed by atoms with Gasteiger partial charge in [-0.2, -0.15) is 0 Å². The van der Waals surface area contributed by atoms with E-state index < -0.39 is 12.1 Å². The van der Waals surface area contributed by atoms with Crippen LogP contribution in [-0.2, 0) is 14.3 Å². The van der Waals surface area contributed by atoms with E-state index in [1.165, 1.54) is 238 Å². The number of amides is 1. The summed E-state index contributed by atoms with van der Waals surface area (Å²) in [6.07, 6.45) is 62.1. The number of unbranched alkanes of at least 4 members (excludes halogenated alkanes) is 40. The Morgan fingerprint density at radius 1 is 0.429 bits per heavy atom. The quantitative estimate of drug-likeness (QED) is 0.0321. The molecule has 6 heteroatoms. The third kappa shape index (κ3) is 49.9. The average molecular weight is 891 g/mol. The Balaban J connectivity index is 3.35. The van der Waals surface area contributed by atoms with Crippen molar-refractivity contribution < 1.29 is 24.5 Å². The zero-order chi connectivity index (χ0) is 45.8. The van der Waals surface area contributed by atoms with E-state index >= 15 is 0 Å². The fraction of sp³-hybridized carbons (Fsp3) is 0.930. The van der Waals surface area contributed by atoms with Crippen molar-refractivity contribution in [2.45, 2.75) is 328 Å². The van der Waals surface area contributed by atoms with E-state index in [0.717, 1.165) is 44.9 Å². The standard InChI is InChI=1S/C57H111NO5/c1-3-5-7-9-11-13-15-16-24-28-31-35-39-43-47-51-57(62)63-52-48-44-40-36-32-29-26-23-21-19-17-18-20-22-25-27-30-34-38-42-46-50-56(61)58-54(53-59)55(60)49-45-41-37-33-14-12-10-8-6-4-2/h16,24,54-55,59-60H,3-15,17-23,25-53H2,1-2H3,(H,58,61)/b24-16-. The normalized spacial score (nSPS) is 12.6. The lowest BCUT2D eigenvalue weighted by Gasteiger charge is -2.22. The molecule has 0 aromatic rings. The first kappa shape index (κ1) is 61.6. The van der Waals surface area contributed by atoms with Gasteiger partial charge in [-0.3, -0.25) is 9.59 Å². The molecule has 0 heterocycles. The van der Waals surface area contributed by atoms with Gasteiger partial charge in [-0.25, -0.2) is 0 Å². The Morgan fingerprint density at radius 3 is 1.13 bits per heavy atom. The first-order valence-corrected chi connectivity index (χ1v) is 28.4. The molecule has 3 N–H and O–H groups in total. The topological polar surface area (TPSA) is 95.9 Å². The van der Waals surface area contributed by atoms with Gasteiger partial charge in [0, 0.05) is 12.8 Å². The molecule has 2 unspecified atom stereocenters. The summed E-state index contributed by atoms with van der Waals surface area (Å²) in [6.45, 7) is 4.94. The highest BCUT2D eigenvalue weighted by Gasteiger charge is 2.20. The molecule has 0 aliphatic carbocycles. The van der Waals surface area contributed by atoms with Gasteiger partial charge in [0.25, 0.3) is 0 Å². The number of carbonyl (C=O) groups excluding carboxylic acids is 2. The number of aliphatic hydroxyl groups excluding tert-OH is 2. The summed E-state index contributed by atoms with van der Waals surface area (Å²) in [6, 6.07) is -0.539. The van der Waals surface area contributed by atoms with Crippen molar-refractivity contribution >= 4 is 11.9 Å². The highest BCUT2D eigenvalue weighted by atomic mass is 16.5. The molecule has 0 aliphatic rings. The molecule has 2 atom stereocenters. The van der Waals surface area contributed by atoms with Crippen molar-refractivity contribution in [3.63, 3.8) is 0 Å². The molecular formula is C57H111NO5. The minimum Gasteiger partial charge on any atom is -0.466 e. The fourth-order valence-electron chi connectivity index (χ4n) is 8.93. The summed E-state index contributed by atoms with van der Waals surface area (Å²) in [5.74, 6) is -0.0324. The zero-order valence-electron chi connectivity index (χ0n) is 42.6. The van der Waals surface area contributed by atoms with Crippen molar-refractivity contribution in [2.24, 2.45) is 0 Å². The first-order valence-electron chi connectivity index (χ1n) is 28.4. The lowest BCUT2D eigenvalue weighted by Crippen LogP contribution is -2.45. The minimum absolute atomic E-state index is 0.00432. The lowest BCUT2D eigenvalue weighted by atomic mass is 10.0. The van der Waals surface area contributed by atoms with Crippen LogP contribution in [0.15, 0.2) is 12.2 Å². The highest BCUT2D eigenvalue weighted by molar-refractivity contribution is 5.76. The van der Waals surface area contributed by atoms with Crippen LogP contribution >= 0.6 is 0 Å². The second-order valence-corrected chi connectivity index (χ2v) is 19.6. The molecule has 6 nitrogen and oxygen atoms in total. The highest BCUT2D eigenvalue weighted by Crippen LogP contribution is 2.17. The van der Waals surface area contributed by atoms with E-state index in [1.54, 1.807) is 0 Å². The van der Waals surface area contributed by atoms with Gasteiger partial charge in [-0.05, 0) is 51.4 Å². The van der Waals surface area contributed by atoms with Gasteiger partial charge >= 0.3 is 5.97 Å². The number of allylic oxidation sites excluding steroid dienone is 2. The van der Waals surface area contributed by atoms with Gasteiger partial charge in [0.1, 0.15) is 0 Å². The first-order chi connectivity index (χ1) is 31.0. The molecule has 63 heavy (non-hydrogen) atoms. The van der Waals surface area contributed by atoms with Crippen LogP contribution in [-0.4, -0.2) is 47.4 Å². The number of hydrogen-bond acceptors (Lipinski definition) is 5. The Bertz CT molecular complexity index is 939. The molecule has 0 spiro atoms. The van der Waals surface area contributed by atoms with E-state index in [0.29, 0.717) is 25.9 Å². The van der Waals surface area contributed by atoms with Gasteiger partial charge in [0.2, 0.25) is 5.91 Å². The second-order valence-electron chi connectivity index (χ2n) is 19.6. The third-order valence-corrected chi connectivity index (χ3v) is 13.3. The molecule has 0 aromatic heterocycles. The summed E-state index contributed by atoms with van der Waals surface area (Å²) in [5.41, 5.74) is 0. The van der Waals surface area contributed by atoms with E-state index in [-0.39, 0.29) is 18.5 Å². The van der Waals surface area contributed by atoms with Crippen LogP contribution in [0.1, 0.15) is 316 Å². The maximum atomic E-state index is 12.4. The number of ether oxygens (including phenoxy) is 1. The van der Waals surface area contributed by atoms with Crippen molar-refractivity contribution in [1.82, 2.24) is 5.32 Å². The van der Waals surface area contributed by atoms with Gasteiger partial charge < -0.3 is 20.3 Å². The molecule has 0 bridgehead atoms. The summed E-state index contributed by atoms with van der Waals surface area (Å²) < 4.78 is 5.48. The van der Waals surface area contributed by atoms with Crippen LogP contribution in [0.5, 0.6) is 0 Å².